The Labute approximate surface area is 150 Å². The highest BCUT2D eigenvalue weighted by atomic mass is 35.5. The van der Waals surface area contributed by atoms with Crippen LogP contribution in [0.2, 0.25) is 5.02 Å². The van der Waals surface area contributed by atoms with Crippen LogP contribution in [0.3, 0.4) is 0 Å². The first-order chi connectivity index (χ1) is 11.6. The van der Waals surface area contributed by atoms with Crippen molar-refractivity contribution in [1.29, 1.82) is 0 Å². The third kappa shape index (κ3) is 4.16. The number of ether oxygens (including phenoxy) is 2. The molecule has 6 heteroatoms. The third-order valence-electron chi connectivity index (χ3n) is 3.70. The Hall–Kier alpha value is -1.85. The summed E-state index contributed by atoms with van der Waals surface area (Å²) in [6.07, 6.45) is 0.438. The van der Waals surface area contributed by atoms with Crippen LogP contribution in [0.1, 0.15) is 24.2 Å². The predicted molar refractivity (Wildman–Crippen MR) is 98.1 cm³/mol. The second-order valence-electron chi connectivity index (χ2n) is 5.40. The fourth-order valence-corrected chi connectivity index (χ4v) is 3.83. The van der Waals surface area contributed by atoms with Crippen LogP contribution in [0.25, 0.3) is 0 Å². The summed E-state index contributed by atoms with van der Waals surface area (Å²) >= 11 is 7.91. The lowest BCUT2D eigenvalue weighted by Gasteiger charge is -2.13. The number of amides is 1. The molecule has 0 spiro atoms. The number of anilines is 1. The van der Waals surface area contributed by atoms with Crippen LogP contribution in [-0.2, 0) is 4.79 Å². The molecular formula is C18H18ClNO3S. The molecule has 0 bridgehead atoms. The van der Waals surface area contributed by atoms with Crippen molar-refractivity contribution in [2.45, 2.75) is 18.6 Å². The number of carbonyl (C=O) groups is 1. The van der Waals surface area contributed by atoms with Gasteiger partial charge in [-0.2, -0.15) is 11.8 Å². The van der Waals surface area contributed by atoms with Crippen molar-refractivity contribution >= 4 is 35.0 Å². The summed E-state index contributed by atoms with van der Waals surface area (Å²) in [7, 11) is 0. The molecule has 0 aliphatic carbocycles. The monoisotopic (exact) mass is 363 g/mol. The van der Waals surface area contributed by atoms with Gasteiger partial charge < -0.3 is 14.8 Å². The Morgan fingerprint density at radius 3 is 2.88 bits per heavy atom. The molecule has 3 rings (SSSR count). The Morgan fingerprint density at radius 2 is 2.04 bits per heavy atom. The Bertz CT molecular complexity index is 738. The topological polar surface area (TPSA) is 47.6 Å². The average molecular weight is 364 g/mol. The molecule has 1 atom stereocenters. The van der Waals surface area contributed by atoms with Gasteiger partial charge in [0.05, 0.1) is 0 Å². The molecule has 0 fully saturated rings. The average Bonchev–Trinajstić information content (AvgIpc) is 3.02. The lowest BCUT2D eigenvalue weighted by atomic mass is 10.2. The molecule has 1 aliphatic rings. The van der Waals surface area contributed by atoms with Crippen LogP contribution < -0.4 is 14.8 Å². The van der Waals surface area contributed by atoms with Crippen LogP contribution in [0.5, 0.6) is 11.5 Å². The van der Waals surface area contributed by atoms with E-state index in [4.69, 9.17) is 21.1 Å². The molecule has 2 aromatic rings. The van der Waals surface area contributed by atoms with Gasteiger partial charge in [-0.25, -0.2) is 0 Å². The molecule has 0 saturated carbocycles. The maximum Gasteiger partial charge on any atom is 0.231 e. The minimum Gasteiger partial charge on any atom is -0.454 e. The summed E-state index contributed by atoms with van der Waals surface area (Å²) in [6, 6.07) is 13.2. The van der Waals surface area contributed by atoms with Gasteiger partial charge in [-0.1, -0.05) is 29.8 Å². The highest BCUT2D eigenvalue weighted by Crippen LogP contribution is 2.35. The quantitative estimate of drug-likeness (QED) is 0.793. The van der Waals surface area contributed by atoms with Gasteiger partial charge >= 0.3 is 0 Å². The zero-order chi connectivity index (χ0) is 16.9. The summed E-state index contributed by atoms with van der Waals surface area (Å²) in [5.41, 5.74) is 1.81. The van der Waals surface area contributed by atoms with Gasteiger partial charge in [-0.05, 0) is 30.7 Å². The maximum absolute atomic E-state index is 12.1. The SMILES string of the molecule is CC(SCCC(=O)Nc1ccc2c(c1)OCO2)c1ccccc1Cl. The van der Waals surface area contributed by atoms with E-state index in [1.54, 1.807) is 23.9 Å². The fraction of sp³-hybridized carbons (Fsp3) is 0.278. The van der Waals surface area contributed by atoms with Gasteiger partial charge in [-0.15, -0.1) is 0 Å². The number of nitrogens with one attached hydrogen (secondary N) is 1. The molecule has 2 aromatic carbocycles. The van der Waals surface area contributed by atoms with Gasteiger partial charge in [0, 0.05) is 34.2 Å². The second-order valence-corrected chi connectivity index (χ2v) is 7.26. The number of rotatable bonds is 6. The fourth-order valence-electron chi connectivity index (χ4n) is 2.42. The molecule has 4 nitrogen and oxygen atoms in total. The van der Waals surface area contributed by atoms with Crippen LogP contribution >= 0.6 is 23.4 Å². The first kappa shape index (κ1) is 17.0. The molecule has 126 valence electrons. The number of halogens is 1. The molecule has 24 heavy (non-hydrogen) atoms. The summed E-state index contributed by atoms with van der Waals surface area (Å²) < 4.78 is 10.6. The molecular weight excluding hydrogens is 346 g/mol. The molecule has 1 unspecified atom stereocenters. The second kappa shape index (κ2) is 7.81. The zero-order valence-electron chi connectivity index (χ0n) is 13.3. The van der Waals surface area contributed by atoms with Crippen molar-refractivity contribution in [3.8, 4) is 11.5 Å². The van der Waals surface area contributed by atoms with E-state index in [0.717, 1.165) is 16.3 Å². The molecule has 1 heterocycles. The van der Waals surface area contributed by atoms with E-state index in [2.05, 4.69) is 12.2 Å². The zero-order valence-corrected chi connectivity index (χ0v) is 14.8. The Kier molecular flexibility index (Phi) is 5.53. The van der Waals surface area contributed by atoms with Crippen molar-refractivity contribution in [1.82, 2.24) is 0 Å². The number of thioether (sulfide) groups is 1. The van der Waals surface area contributed by atoms with Crippen molar-refractivity contribution in [3.63, 3.8) is 0 Å². The van der Waals surface area contributed by atoms with Crippen molar-refractivity contribution < 1.29 is 14.3 Å². The van der Waals surface area contributed by atoms with E-state index in [1.165, 1.54) is 0 Å². The number of hydrogen-bond donors (Lipinski definition) is 1. The molecule has 0 aromatic heterocycles. The van der Waals surface area contributed by atoms with Crippen LogP contribution in [0, 0.1) is 0 Å². The summed E-state index contributed by atoms with van der Waals surface area (Å²) in [6.45, 7) is 2.32. The Balaban J connectivity index is 1.47. The number of hydrogen-bond acceptors (Lipinski definition) is 4. The highest BCUT2D eigenvalue weighted by molar-refractivity contribution is 7.99. The van der Waals surface area contributed by atoms with Crippen molar-refractivity contribution in [3.05, 3.63) is 53.1 Å². The summed E-state index contributed by atoms with van der Waals surface area (Å²) in [4.78, 5) is 12.1. The number of carbonyl (C=O) groups excluding carboxylic acids is 1. The van der Waals surface area contributed by atoms with Crippen LogP contribution in [0.15, 0.2) is 42.5 Å². The van der Waals surface area contributed by atoms with Crippen LogP contribution in [0.4, 0.5) is 5.69 Å². The van der Waals surface area contributed by atoms with Gasteiger partial charge in [0.25, 0.3) is 0 Å². The molecule has 1 N–H and O–H groups in total. The minimum absolute atomic E-state index is 0.0206. The van der Waals surface area contributed by atoms with E-state index in [1.807, 2.05) is 30.3 Å². The van der Waals surface area contributed by atoms with Crippen molar-refractivity contribution in [2.24, 2.45) is 0 Å². The first-order valence-electron chi connectivity index (χ1n) is 7.69. The van der Waals surface area contributed by atoms with Crippen LogP contribution in [-0.4, -0.2) is 18.5 Å². The lowest BCUT2D eigenvalue weighted by Crippen LogP contribution is -2.12. The molecule has 0 radical (unpaired) electrons. The smallest absolute Gasteiger partial charge is 0.231 e. The summed E-state index contributed by atoms with van der Waals surface area (Å²) in [5.74, 6) is 2.07. The predicted octanol–water partition coefficient (Wildman–Crippen LogP) is 4.89. The summed E-state index contributed by atoms with van der Waals surface area (Å²) in [5, 5.41) is 3.90. The van der Waals surface area contributed by atoms with E-state index >= 15 is 0 Å². The molecule has 1 aliphatic heterocycles. The molecule has 0 saturated heterocycles. The molecule has 1 amide bonds. The maximum atomic E-state index is 12.1. The van der Waals surface area contributed by atoms with Gasteiger partial charge in [0.15, 0.2) is 11.5 Å². The number of benzene rings is 2. The third-order valence-corrected chi connectivity index (χ3v) is 5.23. The lowest BCUT2D eigenvalue weighted by molar-refractivity contribution is -0.115. The van der Waals surface area contributed by atoms with E-state index in [9.17, 15) is 4.79 Å². The minimum atomic E-state index is -0.0206. The van der Waals surface area contributed by atoms with Gasteiger partial charge in [0.1, 0.15) is 0 Å². The van der Waals surface area contributed by atoms with Crippen molar-refractivity contribution in [2.75, 3.05) is 17.9 Å². The number of fused-ring (bicyclic) bond motifs is 1. The van der Waals surface area contributed by atoms with Gasteiger partial charge in [-0.3, -0.25) is 4.79 Å². The largest absolute Gasteiger partial charge is 0.454 e. The van der Waals surface area contributed by atoms with E-state index < -0.39 is 0 Å². The first-order valence-corrected chi connectivity index (χ1v) is 9.11. The highest BCUT2D eigenvalue weighted by Gasteiger charge is 2.14. The normalized spacial score (nSPS) is 13.6. The van der Waals surface area contributed by atoms with E-state index in [0.29, 0.717) is 23.6 Å². The van der Waals surface area contributed by atoms with E-state index in [-0.39, 0.29) is 18.0 Å². The standard InChI is InChI=1S/C18H18ClNO3S/c1-12(14-4-2-3-5-15(14)19)24-9-8-18(21)20-13-6-7-16-17(10-13)23-11-22-16/h2-7,10,12H,8-9,11H2,1H3,(H,20,21). The van der Waals surface area contributed by atoms with Gasteiger partial charge in [0.2, 0.25) is 12.7 Å². The Morgan fingerprint density at radius 1 is 1.25 bits per heavy atom.